The van der Waals surface area contributed by atoms with Crippen molar-refractivity contribution >= 4 is 5.82 Å². The quantitative estimate of drug-likeness (QED) is 0.866. The highest BCUT2D eigenvalue weighted by molar-refractivity contribution is 5.38. The molecule has 0 saturated carbocycles. The minimum absolute atomic E-state index is 0.117. The lowest BCUT2D eigenvalue weighted by molar-refractivity contribution is 0.121. The third-order valence-electron chi connectivity index (χ3n) is 2.71. The van der Waals surface area contributed by atoms with E-state index in [-0.39, 0.29) is 12.2 Å². The lowest BCUT2D eigenvalue weighted by Gasteiger charge is -2.17. The molecule has 5 heteroatoms. The fraction of sp³-hybridized carbons (Fsp3) is 0.667. The van der Waals surface area contributed by atoms with Crippen molar-refractivity contribution in [2.24, 2.45) is 0 Å². The van der Waals surface area contributed by atoms with Gasteiger partial charge in [0.1, 0.15) is 12.1 Å². The van der Waals surface area contributed by atoms with Crippen LogP contribution in [-0.4, -0.2) is 34.8 Å². The molecule has 17 heavy (non-hydrogen) atoms. The average molecular weight is 237 g/mol. The van der Waals surface area contributed by atoms with Crippen molar-refractivity contribution in [1.82, 2.24) is 9.97 Å². The van der Waals surface area contributed by atoms with E-state index in [0.29, 0.717) is 11.9 Å². The van der Waals surface area contributed by atoms with Gasteiger partial charge in [-0.2, -0.15) is 0 Å². The number of nitrogens with zero attached hydrogens (tertiary/aromatic N) is 2. The second-order valence-electron chi connectivity index (χ2n) is 4.52. The molecule has 1 N–H and O–H groups in total. The summed E-state index contributed by atoms with van der Waals surface area (Å²) in [6.45, 7) is 6.82. The molecule has 2 heterocycles. The summed E-state index contributed by atoms with van der Waals surface area (Å²) in [5.41, 5.74) is 0. The Morgan fingerprint density at radius 1 is 1.47 bits per heavy atom. The number of anilines is 1. The summed E-state index contributed by atoms with van der Waals surface area (Å²) in [6.07, 6.45) is 2.86. The van der Waals surface area contributed by atoms with Crippen LogP contribution in [0.2, 0.25) is 0 Å². The predicted octanol–water partition coefficient (Wildman–Crippen LogP) is 1.85. The fourth-order valence-corrected chi connectivity index (χ4v) is 1.84. The Labute approximate surface area is 102 Å². The zero-order valence-corrected chi connectivity index (χ0v) is 10.5. The number of rotatable bonds is 4. The van der Waals surface area contributed by atoms with E-state index in [1.54, 1.807) is 0 Å². The Morgan fingerprint density at radius 2 is 2.29 bits per heavy atom. The molecule has 2 atom stereocenters. The first kappa shape index (κ1) is 12.1. The van der Waals surface area contributed by atoms with Crippen molar-refractivity contribution in [3.05, 3.63) is 12.4 Å². The maximum atomic E-state index is 5.52. The normalized spacial score (nSPS) is 24.0. The van der Waals surface area contributed by atoms with Crippen molar-refractivity contribution in [2.45, 2.75) is 45.4 Å². The van der Waals surface area contributed by atoms with Crippen LogP contribution in [0.4, 0.5) is 5.82 Å². The van der Waals surface area contributed by atoms with Gasteiger partial charge in [0.2, 0.25) is 5.88 Å². The van der Waals surface area contributed by atoms with E-state index in [4.69, 9.17) is 9.47 Å². The lowest BCUT2D eigenvalue weighted by atomic mass is 10.1. The topological polar surface area (TPSA) is 56.3 Å². The first-order valence-corrected chi connectivity index (χ1v) is 6.02. The molecule has 2 unspecified atom stereocenters. The Kier molecular flexibility index (Phi) is 3.78. The van der Waals surface area contributed by atoms with E-state index in [1.165, 1.54) is 6.33 Å². The zero-order valence-electron chi connectivity index (χ0n) is 10.5. The van der Waals surface area contributed by atoms with Gasteiger partial charge in [0, 0.05) is 12.7 Å². The highest BCUT2D eigenvalue weighted by Gasteiger charge is 2.24. The van der Waals surface area contributed by atoms with Gasteiger partial charge >= 0.3 is 0 Å². The Balaban J connectivity index is 2.00. The monoisotopic (exact) mass is 237 g/mol. The maximum Gasteiger partial charge on any atom is 0.218 e. The van der Waals surface area contributed by atoms with Gasteiger partial charge in [-0.25, -0.2) is 9.97 Å². The molecule has 0 aliphatic carbocycles. The number of hydrogen-bond donors (Lipinski definition) is 1. The van der Waals surface area contributed by atoms with E-state index in [2.05, 4.69) is 22.2 Å². The van der Waals surface area contributed by atoms with Crippen molar-refractivity contribution in [3.63, 3.8) is 0 Å². The second kappa shape index (κ2) is 5.31. The molecule has 0 amide bonds. The molecule has 1 aliphatic heterocycles. The van der Waals surface area contributed by atoms with E-state index in [0.717, 1.165) is 18.8 Å². The standard InChI is InChI=1S/C12H19N3O2/c1-8(2)17-12-6-11(13-7-14-12)15-10-4-5-16-9(10)3/h6-10H,4-5H2,1-3H3,(H,13,14,15). The van der Waals surface area contributed by atoms with E-state index < -0.39 is 0 Å². The summed E-state index contributed by atoms with van der Waals surface area (Å²) in [6, 6.07) is 2.14. The third-order valence-corrected chi connectivity index (χ3v) is 2.71. The number of aromatic nitrogens is 2. The van der Waals surface area contributed by atoms with Crippen molar-refractivity contribution in [1.29, 1.82) is 0 Å². The molecule has 1 fully saturated rings. The summed E-state index contributed by atoms with van der Waals surface area (Å²) in [5, 5.41) is 3.35. The second-order valence-corrected chi connectivity index (χ2v) is 4.52. The third kappa shape index (κ3) is 3.30. The van der Waals surface area contributed by atoms with Crippen LogP contribution in [0.3, 0.4) is 0 Å². The molecular weight excluding hydrogens is 218 g/mol. The Morgan fingerprint density at radius 3 is 2.94 bits per heavy atom. The van der Waals surface area contributed by atoms with Gasteiger partial charge in [-0.05, 0) is 27.2 Å². The summed E-state index contributed by atoms with van der Waals surface area (Å²) in [4.78, 5) is 8.26. The van der Waals surface area contributed by atoms with Crippen LogP contribution in [-0.2, 0) is 4.74 Å². The molecule has 1 aliphatic rings. The van der Waals surface area contributed by atoms with Crippen LogP contribution in [0, 0.1) is 0 Å². The largest absolute Gasteiger partial charge is 0.475 e. The van der Waals surface area contributed by atoms with Crippen molar-refractivity contribution < 1.29 is 9.47 Å². The molecule has 0 bridgehead atoms. The first-order chi connectivity index (χ1) is 8.15. The molecule has 0 spiro atoms. The highest BCUT2D eigenvalue weighted by atomic mass is 16.5. The molecule has 94 valence electrons. The van der Waals surface area contributed by atoms with E-state index >= 15 is 0 Å². The van der Waals surface area contributed by atoms with Gasteiger partial charge < -0.3 is 14.8 Å². The first-order valence-electron chi connectivity index (χ1n) is 6.02. The number of ether oxygens (including phenoxy) is 2. The summed E-state index contributed by atoms with van der Waals surface area (Å²) < 4.78 is 11.0. The predicted molar refractivity (Wildman–Crippen MR) is 65.2 cm³/mol. The van der Waals surface area contributed by atoms with Crippen molar-refractivity contribution in [3.8, 4) is 5.88 Å². The molecule has 0 radical (unpaired) electrons. The van der Waals surface area contributed by atoms with Crippen LogP contribution >= 0.6 is 0 Å². The van der Waals surface area contributed by atoms with Gasteiger partial charge in [0.05, 0.1) is 18.2 Å². The van der Waals surface area contributed by atoms with Crippen LogP contribution in [0.5, 0.6) is 5.88 Å². The van der Waals surface area contributed by atoms with E-state index in [9.17, 15) is 0 Å². The van der Waals surface area contributed by atoms with Gasteiger partial charge in [-0.15, -0.1) is 0 Å². The summed E-state index contributed by atoms with van der Waals surface area (Å²) in [7, 11) is 0. The fourth-order valence-electron chi connectivity index (χ4n) is 1.84. The summed E-state index contributed by atoms with van der Waals surface area (Å²) in [5.74, 6) is 1.39. The van der Waals surface area contributed by atoms with Crippen LogP contribution in [0.1, 0.15) is 27.2 Å². The smallest absolute Gasteiger partial charge is 0.218 e. The SMILES string of the molecule is CC(C)Oc1cc(NC2CCOC2C)ncn1. The van der Waals surface area contributed by atoms with Crippen LogP contribution < -0.4 is 10.1 Å². The van der Waals surface area contributed by atoms with Gasteiger partial charge in [-0.3, -0.25) is 0 Å². The number of nitrogens with one attached hydrogen (secondary N) is 1. The highest BCUT2D eigenvalue weighted by Crippen LogP contribution is 2.19. The zero-order chi connectivity index (χ0) is 12.3. The molecular formula is C12H19N3O2. The summed E-state index contributed by atoms with van der Waals surface area (Å²) >= 11 is 0. The molecule has 1 aromatic rings. The minimum atomic E-state index is 0.117. The van der Waals surface area contributed by atoms with Crippen molar-refractivity contribution in [2.75, 3.05) is 11.9 Å². The van der Waals surface area contributed by atoms with Crippen LogP contribution in [0.15, 0.2) is 12.4 Å². The lowest BCUT2D eigenvalue weighted by Crippen LogP contribution is -2.27. The van der Waals surface area contributed by atoms with Crippen LogP contribution in [0.25, 0.3) is 0 Å². The Hall–Kier alpha value is -1.36. The molecule has 1 saturated heterocycles. The Bertz CT molecular complexity index is 371. The van der Waals surface area contributed by atoms with Gasteiger partial charge in [0.15, 0.2) is 0 Å². The minimum Gasteiger partial charge on any atom is -0.475 e. The molecule has 1 aromatic heterocycles. The molecule has 2 rings (SSSR count). The molecule has 0 aromatic carbocycles. The van der Waals surface area contributed by atoms with Gasteiger partial charge in [0.25, 0.3) is 0 Å². The van der Waals surface area contributed by atoms with E-state index in [1.807, 2.05) is 19.9 Å². The molecule has 5 nitrogen and oxygen atoms in total. The number of hydrogen-bond acceptors (Lipinski definition) is 5. The van der Waals surface area contributed by atoms with Gasteiger partial charge in [-0.1, -0.05) is 0 Å². The maximum absolute atomic E-state index is 5.52. The average Bonchev–Trinajstić information content (AvgIpc) is 2.64.